The molecule has 0 spiro atoms. The van der Waals surface area contributed by atoms with Crippen LogP contribution < -0.4 is 0 Å². The van der Waals surface area contributed by atoms with Gasteiger partial charge >= 0.3 is 0 Å². The van der Waals surface area contributed by atoms with Crippen LogP contribution in [0, 0.1) is 5.41 Å². The molecule has 7 heteroatoms. The predicted octanol–water partition coefficient (Wildman–Crippen LogP) is 1.86. The van der Waals surface area contributed by atoms with E-state index in [9.17, 15) is 13.0 Å². The average molecular weight is 342 g/mol. The molecule has 0 saturated carbocycles. The second-order valence-corrected chi connectivity index (χ2v) is 9.96. The molecule has 3 atom stereocenters. The van der Waals surface area contributed by atoms with Gasteiger partial charge in [0.15, 0.2) is 0 Å². The van der Waals surface area contributed by atoms with Gasteiger partial charge in [-0.1, -0.05) is 31.9 Å². The Hall–Kier alpha value is 0.180. The Morgan fingerprint density at radius 2 is 1.86 bits per heavy atom. The second kappa shape index (κ2) is 8.72. The van der Waals surface area contributed by atoms with Crippen LogP contribution in [-0.4, -0.2) is 61.3 Å². The average Bonchev–Trinajstić information content (AvgIpc) is 2.33. The van der Waals surface area contributed by atoms with E-state index in [1.165, 1.54) is 10.6 Å². The molecular formula is C14H31NO4S2. The van der Waals surface area contributed by atoms with E-state index in [4.69, 9.17) is 4.74 Å². The largest absolute Gasteiger partial charge is 0.616 e. The molecule has 0 aromatic heterocycles. The van der Waals surface area contributed by atoms with Crippen molar-refractivity contribution in [1.82, 2.24) is 4.31 Å². The van der Waals surface area contributed by atoms with Crippen molar-refractivity contribution in [2.45, 2.75) is 51.9 Å². The lowest BCUT2D eigenvalue weighted by Crippen LogP contribution is -2.45. The van der Waals surface area contributed by atoms with Gasteiger partial charge in [0.2, 0.25) is 10.0 Å². The normalized spacial score (nSPS) is 17.8. The number of nitrogens with zero attached hydrogens (tertiary/aromatic N) is 1. The fraction of sp³-hybridized carbons (Fsp3) is 1.00. The Bertz CT molecular complexity index is 396. The molecular weight excluding hydrogens is 310 g/mol. The van der Waals surface area contributed by atoms with Crippen LogP contribution in [0.4, 0.5) is 0 Å². The topological polar surface area (TPSA) is 69.7 Å². The molecule has 0 aromatic rings. The summed E-state index contributed by atoms with van der Waals surface area (Å²) in [5, 5.41) is 0.103. The Morgan fingerprint density at radius 1 is 1.33 bits per heavy atom. The number of likely N-dealkylation sites (N-methyl/N-ethyl adjacent to an activating group) is 1. The third-order valence-corrected chi connectivity index (χ3v) is 6.63. The number of sulfonamides is 1. The summed E-state index contributed by atoms with van der Waals surface area (Å²) in [7, 11) is -1.67. The van der Waals surface area contributed by atoms with E-state index in [0.29, 0.717) is 13.2 Å². The lowest BCUT2D eigenvalue weighted by molar-refractivity contribution is -0.0306. The highest BCUT2D eigenvalue weighted by molar-refractivity contribution is 7.91. The molecule has 128 valence electrons. The van der Waals surface area contributed by atoms with Gasteiger partial charge in [-0.05, 0) is 18.8 Å². The van der Waals surface area contributed by atoms with Gasteiger partial charge in [0, 0.05) is 26.6 Å². The minimum absolute atomic E-state index is 0.103. The number of ether oxygens (including phenoxy) is 1. The van der Waals surface area contributed by atoms with Crippen LogP contribution in [0.2, 0.25) is 0 Å². The molecule has 0 N–H and O–H groups in total. The Kier molecular flexibility index (Phi) is 8.79. The van der Waals surface area contributed by atoms with Crippen molar-refractivity contribution in [2.75, 3.05) is 32.7 Å². The third kappa shape index (κ3) is 7.32. The fourth-order valence-corrected chi connectivity index (χ4v) is 3.85. The van der Waals surface area contributed by atoms with Crippen molar-refractivity contribution >= 4 is 21.2 Å². The molecule has 0 aliphatic carbocycles. The zero-order chi connectivity index (χ0) is 16.8. The first kappa shape index (κ1) is 21.2. The molecule has 0 rings (SSSR count). The second-order valence-electron chi connectivity index (χ2n) is 6.21. The van der Waals surface area contributed by atoms with Crippen LogP contribution in [-0.2, 0) is 25.9 Å². The molecule has 0 radical (unpaired) electrons. The first-order valence-electron chi connectivity index (χ1n) is 7.30. The van der Waals surface area contributed by atoms with Gasteiger partial charge in [-0.2, -0.15) is 0 Å². The molecule has 0 heterocycles. The highest BCUT2D eigenvalue weighted by atomic mass is 32.2. The molecule has 0 aliphatic heterocycles. The van der Waals surface area contributed by atoms with Gasteiger partial charge < -0.3 is 9.29 Å². The molecule has 0 amide bonds. The Balaban J connectivity index is 5.06. The zero-order valence-electron chi connectivity index (χ0n) is 14.4. The Morgan fingerprint density at radius 3 is 2.19 bits per heavy atom. The van der Waals surface area contributed by atoms with Gasteiger partial charge in [-0.3, -0.25) is 0 Å². The first-order chi connectivity index (χ1) is 9.45. The highest BCUT2D eigenvalue weighted by Crippen LogP contribution is 2.33. The summed E-state index contributed by atoms with van der Waals surface area (Å²) in [4.78, 5) is 0. The van der Waals surface area contributed by atoms with E-state index in [-0.39, 0.29) is 16.8 Å². The van der Waals surface area contributed by atoms with Gasteiger partial charge in [-0.25, -0.2) is 12.7 Å². The van der Waals surface area contributed by atoms with E-state index < -0.39 is 21.2 Å². The van der Waals surface area contributed by atoms with Crippen molar-refractivity contribution in [3.8, 4) is 0 Å². The maximum atomic E-state index is 11.8. The van der Waals surface area contributed by atoms with E-state index >= 15 is 0 Å². The summed E-state index contributed by atoms with van der Waals surface area (Å²) < 4.78 is 42.1. The SMILES string of the molecule is CCOC(CN(C)S(C)(=O)=O)C(C)(C)CC(CC)[S@@+](C)[O-]. The minimum atomic E-state index is -3.23. The summed E-state index contributed by atoms with van der Waals surface area (Å²) in [6.45, 7) is 8.88. The van der Waals surface area contributed by atoms with Crippen molar-refractivity contribution in [3.05, 3.63) is 0 Å². The van der Waals surface area contributed by atoms with Gasteiger partial charge in [0.1, 0.15) is 5.25 Å². The van der Waals surface area contributed by atoms with Crippen LogP contribution >= 0.6 is 0 Å². The molecule has 0 aromatic carbocycles. The monoisotopic (exact) mass is 341 g/mol. The van der Waals surface area contributed by atoms with Crippen LogP contribution in [0.15, 0.2) is 0 Å². The Labute approximate surface area is 133 Å². The van der Waals surface area contributed by atoms with Crippen molar-refractivity contribution in [3.63, 3.8) is 0 Å². The predicted molar refractivity (Wildman–Crippen MR) is 89.4 cm³/mol. The lowest BCUT2D eigenvalue weighted by atomic mass is 9.81. The maximum absolute atomic E-state index is 11.8. The van der Waals surface area contributed by atoms with E-state index in [0.717, 1.165) is 12.8 Å². The van der Waals surface area contributed by atoms with Gasteiger partial charge in [-0.15, -0.1) is 0 Å². The number of rotatable bonds is 10. The summed E-state index contributed by atoms with van der Waals surface area (Å²) in [5.41, 5.74) is -0.249. The van der Waals surface area contributed by atoms with Crippen molar-refractivity contribution in [1.29, 1.82) is 0 Å². The van der Waals surface area contributed by atoms with Crippen LogP contribution in [0.3, 0.4) is 0 Å². The van der Waals surface area contributed by atoms with Gasteiger partial charge in [0.05, 0.1) is 18.6 Å². The standard InChI is InChI=1S/C14H31NO4S2/c1-8-12(20(6)16)10-14(3,4)13(19-9-2)11-15(5)21(7,17)18/h12-13H,8-11H2,1-7H3/t12?,13?,20-/m1/s1. The first-order valence-corrected chi connectivity index (χ1v) is 10.8. The van der Waals surface area contributed by atoms with Crippen molar-refractivity contribution in [2.24, 2.45) is 5.41 Å². The molecule has 2 unspecified atom stereocenters. The summed E-state index contributed by atoms with van der Waals surface area (Å²) >= 11 is -0.888. The maximum Gasteiger partial charge on any atom is 0.211 e. The van der Waals surface area contributed by atoms with E-state index in [1.807, 2.05) is 13.8 Å². The number of hydrogen-bond acceptors (Lipinski definition) is 4. The molecule has 0 saturated heterocycles. The molecule has 0 fully saturated rings. The van der Waals surface area contributed by atoms with E-state index in [1.54, 1.807) is 13.3 Å². The smallest absolute Gasteiger partial charge is 0.211 e. The molecule has 21 heavy (non-hydrogen) atoms. The summed E-state index contributed by atoms with van der Waals surface area (Å²) in [5.74, 6) is 0. The van der Waals surface area contributed by atoms with E-state index in [2.05, 4.69) is 13.8 Å². The van der Waals surface area contributed by atoms with Crippen LogP contribution in [0.1, 0.15) is 40.5 Å². The lowest BCUT2D eigenvalue weighted by Gasteiger charge is -2.37. The fourth-order valence-electron chi connectivity index (χ4n) is 2.31. The molecule has 0 bridgehead atoms. The highest BCUT2D eigenvalue weighted by Gasteiger charge is 2.36. The minimum Gasteiger partial charge on any atom is -0.616 e. The summed E-state index contributed by atoms with van der Waals surface area (Å²) in [6.07, 6.45) is 4.28. The van der Waals surface area contributed by atoms with Crippen LogP contribution in [0.25, 0.3) is 0 Å². The van der Waals surface area contributed by atoms with Crippen LogP contribution in [0.5, 0.6) is 0 Å². The summed E-state index contributed by atoms with van der Waals surface area (Å²) in [6, 6.07) is 0. The van der Waals surface area contributed by atoms with Gasteiger partial charge in [0.25, 0.3) is 0 Å². The quantitative estimate of drug-likeness (QED) is 0.569. The third-order valence-electron chi connectivity index (χ3n) is 3.91. The van der Waals surface area contributed by atoms with Crippen molar-refractivity contribution < 1.29 is 17.7 Å². The molecule has 0 aliphatic rings. The number of hydrogen-bond donors (Lipinski definition) is 0. The zero-order valence-corrected chi connectivity index (χ0v) is 16.0. The molecule has 5 nitrogen and oxygen atoms in total.